The number of halogens is 2. The molecular weight excluding hydrogens is 371 g/mol. The van der Waals surface area contributed by atoms with Crippen LogP contribution < -0.4 is 9.64 Å². The van der Waals surface area contributed by atoms with Gasteiger partial charge in [-0.15, -0.1) is 0 Å². The molecule has 0 aromatic heterocycles. The summed E-state index contributed by atoms with van der Waals surface area (Å²) in [5.74, 6) is 0.583. The van der Waals surface area contributed by atoms with Crippen LogP contribution in [-0.4, -0.2) is 29.3 Å². The van der Waals surface area contributed by atoms with Crippen LogP contribution in [0.25, 0.3) is 0 Å². The second kappa shape index (κ2) is 7.93. The molecule has 2 rings (SSSR count). The summed E-state index contributed by atoms with van der Waals surface area (Å²) < 4.78 is 5.74. The number of anilines is 1. The lowest BCUT2D eigenvalue weighted by Gasteiger charge is -2.28. The highest BCUT2D eigenvalue weighted by molar-refractivity contribution is 7.82. The Kier molecular flexibility index (Phi) is 6.18. The highest BCUT2D eigenvalue weighted by Gasteiger charge is 2.20. The molecular formula is C16H14Cl2N2OS2. The Balaban J connectivity index is 2.29. The van der Waals surface area contributed by atoms with E-state index in [9.17, 15) is 0 Å². The third-order valence-electron chi connectivity index (χ3n) is 2.86. The van der Waals surface area contributed by atoms with Gasteiger partial charge in [-0.25, -0.2) is 4.90 Å². The van der Waals surface area contributed by atoms with E-state index in [0.29, 0.717) is 20.9 Å². The van der Waals surface area contributed by atoms with Gasteiger partial charge in [0.1, 0.15) is 5.75 Å². The summed E-state index contributed by atoms with van der Waals surface area (Å²) in [5.41, 5.74) is 0.770. The van der Waals surface area contributed by atoms with Crippen molar-refractivity contribution in [3.63, 3.8) is 0 Å². The van der Waals surface area contributed by atoms with Crippen molar-refractivity contribution in [2.75, 3.05) is 19.0 Å². The van der Waals surface area contributed by atoms with E-state index in [0.717, 1.165) is 5.69 Å². The van der Waals surface area contributed by atoms with Crippen molar-refractivity contribution in [3.05, 3.63) is 58.6 Å². The van der Waals surface area contributed by atoms with Gasteiger partial charge in [-0.1, -0.05) is 23.2 Å². The first-order chi connectivity index (χ1) is 10.9. The van der Waals surface area contributed by atoms with E-state index < -0.39 is 0 Å². The molecule has 0 radical (unpaired) electrons. The molecule has 0 aliphatic heterocycles. The second-order valence-corrected chi connectivity index (χ2v) is 6.40. The van der Waals surface area contributed by atoms with Gasteiger partial charge in [0, 0.05) is 24.1 Å². The quantitative estimate of drug-likeness (QED) is 0.674. The Morgan fingerprint density at radius 3 is 1.83 bits per heavy atom. The molecule has 0 saturated heterocycles. The Bertz CT molecular complexity index is 703. The summed E-state index contributed by atoms with van der Waals surface area (Å²) in [5, 5.41) is 1.98. The average molecular weight is 385 g/mol. The smallest absolute Gasteiger partial charge is 0.275 e. The molecule has 0 spiro atoms. The molecule has 0 bridgehead atoms. The summed E-state index contributed by atoms with van der Waals surface area (Å²) in [6.45, 7) is 0. The SMILES string of the molecule is CN(C)C(=S)N(C(=S)Oc1ccc(Cl)cc1)c1ccc(Cl)cc1. The summed E-state index contributed by atoms with van der Waals surface area (Å²) in [7, 11) is 3.69. The minimum atomic E-state index is 0.216. The molecule has 0 saturated carbocycles. The van der Waals surface area contributed by atoms with Crippen molar-refractivity contribution in [2.24, 2.45) is 0 Å². The van der Waals surface area contributed by atoms with Gasteiger partial charge in [0.2, 0.25) is 0 Å². The van der Waals surface area contributed by atoms with E-state index in [1.807, 2.05) is 26.2 Å². The van der Waals surface area contributed by atoms with E-state index >= 15 is 0 Å². The molecule has 0 aliphatic carbocycles. The maximum absolute atomic E-state index is 5.94. The molecule has 120 valence electrons. The number of ether oxygens (including phenoxy) is 1. The molecule has 3 nitrogen and oxygen atoms in total. The van der Waals surface area contributed by atoms with Crippen LogP contribution >= 0.6 is 47.6 Å². The first-order valence-electron chi connectivity index (χ1n) is 6.63. The van der Waals surface area contributed by atoms with Gasteiger partial charge >= 0.3 is 0 Å². The van der Waals surface area contributed by atoms with Crippen molar-refractivity contribution in [1.29, 1.82) is 0 Å². The average Bonchev–Trinajstić information content (AvgIpc) is 2.51. The van der Waals surface area contributed by atoms with Gasteiger partial charge in [0.25, 0.3) is 5.17 Å². The van der Waals surface area contributed by atoms with Crippen LogP contribution in [0, 0.1) is 0 Å². The molecule has 23 heavy (non-hydrogen) atoms. The van der Waals surface area contributed by atoms with Crippen molar-refractivity contribution >= 4 is 63.6 Å². The third kappa shape index (κ3) is 4.78. The lowest BCUT2D eigenvalue weighted by Crippen LogP contribution is -2.44. The number of hydrogen-bond donors (Lipinski definition) is 0. The lowest BCUT2D eigenvalue weighted by molar-refractivity contribution is 0.549. The van der Waals surface area contributed by atoms with Crippen LogP contribution in [0.5, 0.6) is 5.75 Å². The summed E-state index contributed by atoms with van der Waals surface area (Å²) >= 11 is 22.7. The summed E-state index contributed by atoms with van der Waals surface area (Å²) in [4.78, 5) is 3.44. The van der Waals surface area contributed by atoms with Crippen LogP contribution in [0.2, 0.25) is 10.0 Å². The Morgan fingerprint density at radius 2 is 1.35 bits per heavy atom. The molecule has 0 atom stereocenters. The molecule has 2 aromatic carbocycles. The first-order valence-corrected chi connectivity index (χ1v) is 8.20. The monoisotopic (exact) mass is 384 g/mol. The van der Waals surface area contributed by atoms with E-state index in [4.69, 9.17) is 52.4 Å². The predicted octanol–water partition coefficient (Wildman–Crippen LogP) is 5.01. The zero-order chi connectivity index (χ0) is 17.0. The maximum Gasteiger partial charge on any atom is 0.275 e. The van der Waals surface area contributed by atoms with Crippen molar-refractivity contribution in [3.8, 4) is 5.75 Å². The van der Waals surface area contributed by atoms with E-state index in [2.05, 4.69) is 0 Å². The van der Waals surface area contributed by atoms with E-state index in [-0.39, 0.29) is 5.17 Å². The number of benzene rings is 2. The fourth-order valence-electron chi connectivity index (χ4n) is 1.73. The normalized spacial score (nSPS) is 10.1. The molecule has 0 aliphatic rings. The minimum absolute atomic E-state index is 0.216. The lowest BCUT2D eigenvalue weighted by atomic mass is 10.3. The van der Waals surface area contributed by atoms with Gasteiger partial charge in [0.15, 0.2) is 5.11 Å². The van der Waals surface area contributed by atoms with E-state index in [1.54, 1.807) is 46.2 Å². The summed E-state index contributed by atoms with van der Waals surface area (Å²) in [6, 6.07) is 14.2. The van der Waals surface area contributed by atoms with Crippen molar-refractivity contribution in [2.45, 2.75) is 0 Å². The van der Waals surface area contributed by atoms with Crippen molar-refractivity contribution in [1.82, 2.24) is 4.90 Å². The minimum Gasteiger partial charge on any atom is -0.431 e. The Labute approximate surface area is 156 Å². The van der Waals surface area contributed by atoms with Crippen LogP contribution in [0.3, 0.4) is 0 Å². The first kappa shape index (κ1) is 17.9. The van der Waals surface area contributed by atoms with Gasteiger partial charge in [-0.2, -0.15) is 0 Å². The molecule has 0 amide bonds. The number of rotatable bonds is 2. The van der Waals surface area contributed by atoms with Crippen LogP contribution in [0.15, 0.2) is 48.5 Å². The number of thiocarbonyl (C=S) groups is 2. The highest BCUT2D eigenvalue weighted by Crippen LogP contribution is 2.22. The maximum atomic E-state index is 5.94. The molecule has 0 N–H and O–H groups in total. The predicted molar refractivity (Wildman–Crippen MR) is 105 cm³/mol. The molecule has 0 heterocycles. The molecule has 7 heteroatoms. The van der Waals surface area contributed by atoms with Crippen LogP contribution in [0.1, 0.15) is 0 Å². The van der Waals surface area contributed by atoms with E-state index in [1.165, 1.54) is 0 Å². The van der Waals surface area contributed by atoms with Gasteiger partial charge in [-0.3, -0.25) is 0 Å². The fourth-order valence-corrected chi connectivity index (χ4v) is 2.52. The largest absolute Gasteiger partial charge is 0.431 e. The second-order valence-electron chi connectivity index (χ2n) is 4.81. The highest BCUT2D eigenvalue weighted by atomic mass is 35.5. The summed E-state index contributed by atoms with van der Waals surface area (Å²) in [6.07, 6.45) is 0. The zero-order valence-corrected chi connectivity index (χ0v) is 15.6. The van der Waals surface area contributed by atoms with Crippen molar-refractivity contribution < 1.29 is 4.74 Å². The standard InChI is InChI=1S/C16H14Cl2N2OS2/c1-19(2)15(22)20(13-7-3-11(17)4-8-13)16(23)21-14-9-5-12(18)6-10-14/h3-10H,1-2H3. The zero-order valence-electron chi connectivity index (χ0n) is 12.5. The molecule has 0 fully saturated rings. The van der Waals surface area contributed by atoms with Gasteiger partial charge in [0.05, 0.1) is 5.69 Å². The number of nitrogens with zero attached hydrogens (tertiary/aromatic N) is 2. The van der Waals surface area contributed by atoms with Crippen LogP contribution in [0.4, 0.5) is 5.69 Å². The molecule has 0 unspecified atom stereocenters. The van der Waals surface area contributed by atoms with Gasteiger partial charge in [-0.05, 0) is 73.0 Å². The molecule has 2 aromatic rings. The third-order valence-corrected chi connectivity index (χ3v) is 4.18. The van der Waals surface area contributed by atoms with Gasteiger partial charge < -0.3 is 9.64 Å². The topological polar surface area (TPSA) is 15.7 Å². The fraction of sp³-hybridized carbons (Fsp3) is 0.125. The van der Waals surface area contributed by atoms with Crippen LogP contribution in [-0.2, 0) is 0 Å². The Morgan fingerprint density at radius 1 is 0.870 bits per heavy atom. The number of hydrogen-bond acceptors (Lipinski definition) is 3. The Hall–Kier alpha value is -1.40.